The molecule has 0 aliphatic carbocycles. The number of nitro groups is 2. The van der Waals surface area contributed by atoms with E-state index in [1.165, 1.54) is 47.5 Å². The lowest BCUT2D eigenvalue weighted by atomic mass is 9.90. The molecule has 34 heavy (non-hydrogen) atoms. The molecule has 0 N–H and O–H groups in total. The minimum Gasteiger partial charge on any atom is -0.273 e. The topological polar surface area (TPSA) is 136 Å². The van der Waals surface area contributed by atoms with Gasteiger partial charge in [-0.15, -0.1) is 0 Å². The molecule has 2 heterocycles. The zero-order valence-electron chi connectivity index (χ0n) is 17.4. The van der Waals surface area contributed by atoms with Gasteiger partial charge in [-0.1, -0.05) is 36.4 Å². The number of imide groups is 1. The van der Waals surface area contributed by atoms with Crippen molar-refractivity contribution in [1.82, 2.24) is 0 Å². The molecule has 11 heteroatoms. The zero-order valence-corrected chi connectivity index (χ0v) is 17.4. The normalized spacial score (nSPS) is 21.6. The molecule has 0 unspecified atom stereocenters. The van der Waals surface area contributed by atoms with Crippen LogP contribution in [-0.2, 0) is 14.4 Å². The molecule has 2 fully saturated rings. The fourth-order valence-electron chi connectivity index (χ4n) is 4.35. The van der Waals surface area contributed by atoms with Gasteiger partial charge >= 0.3 is 0 Å². The smallest absolute Gasteiger partial charge is 0.271 e. The Balaban J connectivity index is 1.55. The third kappa shape index (κ3) is 3.35. The van der Waals surface area contributed by atoms with Crippen molar-refractivity contribution in [1.29, 1.82) is 0 Å². The first-order valence-electron chi connectivity index (χ1n) is 10.2. The molecule has 0 aromatic heterocycles. The molecule has 0 bridgehead atoms. The number of hydrogen-bond acceptors (Lipinski definition) is 8. The Labute approximate surface area is 192 Å². The van der Waals surface area contributed by atoms with Gasteiger partial charge < -0.3 is 0 Å². The predicted molar refractivity (Wildman–Crippen MR) is 119 cm³/mol. The number of benzene rings is 3. The van der Waals surface area contributed by atoms with Crippen LogP contribution in [-0.4, -0.2) is 27.8 Å². The van der Waals surface area contributed by atoms with Crippen molar-refractivity contribution in [2.24, 2.45) is 5.92 Å². The van der Waals surface area contributed by atoms with Crippen LogP contribution in [0.25, 0.3) is 0 Å². The van der Waals surface area contributed by atoms with E-state index >= 15 is 0 Å². The average Bonchev–Trinajstić information content (AvgIpc) is 3.35. The van der Waals surface area contributed by atoms with Crippen LogP contribution in [0.2, 0.25) is 0 Å². The molecule has 170 valence electrons. The van der Waals surface area contributed by atoms with E-state index in [-0.39, 0.29) is 17.1 Å². The second-order valence-electron chi connectivity index (χ2n) is 7.80. The van der Waals surface area contributed by atoms with Crippen LogP contribution in [0.15, 0.2) is 78.9 Å². The van der Waals surface area contributed by atoms with Crippen molar-refractivity contribution in [3.63, 3.8) is 0 Å². The van der Waals surface area contributed by atoms with Gasteiger partial charge in [0.05, 0.1) is 27.3 Å². The van der Waals surface area contributed by atoms with E-state index in [9.17, 15) is 29.8 Å². The molecule has 2 saturated heterocycles. The lowest BCUT2D eigenvalue weighted by molar-refractivity contribution is -0.385. The summed E-state index contributed by atoms with van der Waals surface area (Å²) in [4.78, 5) is 54.8. The summed E-state index contributed by atoms with van der Waals surface area (Å²) < 4.78 is 0. The Bertz CT molecular complexity index is 1310. The molecular formula is C23H16N4O7. The van der Waals surface area contributed by atoms with Gasteiger partial charge in [0.1, 0.15) is 5.92 Å². The van der Waals surface area contributed by atoms with Gasteiger partial charge in [0.15, 0.2) is 6.10 Å². The van der Waals surface area contributed by atoms with Crippen LogP contribution >= 0.6 is 0 Å². The Morgan fingerprint density at radius 2 is 1.41 bits per heavy atom. The second kappa shape index (κ2) is 8.05. The summed E-state index contributed by atoms with van der Waals surface area (Å²) in [5.74, 6) is -2.06. The van der Waals surface area contributed by atoms with Gasteiger partial charge in [-0.2, -0.15) is 0 Å². The quantitative estimate of drug-likeness (QED) is 0.320. The van der Waals surface area contributed by atoms with Crippen LogP contribution in [0.5, 0.6) is 0 Å². The first kappa shape index (κ1) is 21.2. The predicted octanol–water partition coefficient (Wildman–Crippen LogP) is 3.55. The SMILES string of the molecule is O=C1[C@@H]2[C@H](ON(c3cccc([N+](=O)[O-])c3)[C@@H]2c2ccccc2)C(=O)N1c1ccc([N+](=O)[O-])cc1. The van der Waals surface area contributed by atoms with Crippen molar-refractivity contribution in [3.8, 4) is 0 Å². The van der Waals surface area contributed by atoms with Crippen molar-refractivity contribution in [2.45, 2.75) is 12.1 Å². The number of anilines is 2. The third-order valence-electron chi connectivity index (χ3n) is 5.87. The maximum Gasteiger partial charge on any atom is 0.271 e. The maximum absolute atomic E-state index is 13.5. The third-order valence-corrected chi connectivity index (χ3v) is 5.87. The van der Waals surface area contributed by atoms with E-state index < -0.39 is 39.7 Å². The highest BCUT2D eigenvalue weighted by atomic mass is 16.7. The van der Waals surface area contributed by atoms with Gasteiger partial charge in [-0.3, -0.25) is 34.7 Å². The molecule has 3 aromatic carbocycles. The van der Waals surface area contributed by atoms with E-state index in [4.69, 9.17) is 4.84 Å². The van der Waals surface area contributed by atoms with Crippen LogP contribution < -0.4 is 9.96 Å². The van der Waals surface area contributed by atoms with Crippen molar-refractivity contribution < 1.29 is 24.3 Å². The second-order valence-corrected chi connectivity index (χ2v) is 7.80. The van der Waals surface area contributed by atoms with Crippen LogP contribution in [0.4, 0.5) is 22.7 Å². The summed E-state index contributed by atoms with van der Waals surface area (Å²) in [5.41, 5.74) is 0.897. The highest BCUT2D eigenvalue weighted by molar-refractivity contribution is 6.24. The maximum atomic E-state index is 13.5. The molecule has 3 atom stereocenters. The molecule has 2 aliphatic heterocycles. The average molecular weight is 460 g/mol. The number of non-ortho nitro benzene ring substituents is 2. The van der Waals surface area contributed by atoms with E-state index in [1.807, 2.05) is 0 Å². The summed E-state index contributed by atoms with van der Waals surface area (Å²) in [6.07, 6.45) is -1.16. The molecule has 5 rings (SSSR count). The van der Waals surface area contributed by atoms with Gasteiger partial charge in [-0.05, 0) is 23.8 Å². The first-order valence-corrected chi connectivity index (χ1v) is 10.2. The van der Waals surface area contributed by atoms with Gasteiger partial charge in [0.25, 0.3) is 17.3 Å². The van der Waals surface area contributed by atoms with Gasteiger partial charge in [0.2, 0.25) is 5.91 Å². The highest BCUT2D eigenvalue weighted by Gasteiger charge is 2.60. The molecular weight excluding hydrogens is 444 g/mol. The Morgan fingerprint density at radius 1 is 0.735 bits per heavy atom. The van der Waals surface area contributed by atoms with Crippen LogP contribution in [0, 0.1) is 26.1 Å². The van der Waals surface area contributed by atoms with Gasteiger partial charge in [0, 0.05) is 24.3 Å². The zero-order chi connectivity index (χ0) is 24.0. The number of nitrogens with zero attached hydrogens (tertiary/aromatic N) is 4. The Hall–Kier alpha value is -4.64. The number of amides is 2. The number of carbonyl (C=O) groups is 2. The molecule has 11 nitrogen and oxygen atoms in total. The minimum atomic E-state index is -1.16. The van der Waals surface area contributed by atoms with Crippen molar-refractivity contribution in [2.75, 3.05) is 9.96 Å². The lowest BCUT2D eigenvalue weighted by Gasteiger charge is -2.28. The Morgan fingerprint density at radius 3 is 2.06 bits per heavy atom. The number of rotatable bonds is 5. The summed E-state index contributed by atoms with van der Waals surface area (Å²) in [6, 6.07) is 19.1. The van der Waals surface area contributed by atoms with E-state index in [2.05, 4.69) is 0 Å². The molecule has 2 aliphatic rings. The number of hydrogen-bond donors (Lipinski definition) is 0. The van der Waals surface area contributed by atoms with E-state index in [0.29, 0.717) is 11.3 Å². The summed E-state index contributed by atoms with van der Waals surface area (Å²) in [6.45, 7) is 0. The molecule has 0 radical (unpaired) electrons. The fourth-order valence-corrected chi connectivity index (χ4v) is 4.35. The fraction of sp³-hybridized carbons (Fsp3) is 0.130. The van der Waals surface area contributed by atoms with E-state index in [0.717, 1.165) is 4.90 Å². The van der Waals surface area contributed by atoms with E-state index in [1.54, 1.807) is 36.4 Å². The monoisotopic (exact) mass is 460 g/mol. The number of hydroxylamine groups is 1. The first-order chi connectivity index (χ1) is 16.4. The van der Waals surface area contributed by atoms with Crippen LogP contribution in [0.3, 0.4) is 0 Å². The van der Waals surface area contributed by atoms with Crippen molar-refractivity contribution in [3.05, 3.63) is 105 Å². The lowest BCUT2D eigenvalue weighted by Crippen LogP contribution is -2.37. The minimum absolute atomic E-state index is 0.157. The summed E-state index contributed by atoms with van der Waals surface area (Å²) in [5, 5.41) is 23.6. The summed E-state index contributed by atoms with van der Waals surface area (Å²) >= 11 is 0. The molecule has 0 saturated carbocycles. The largest absolute Gasteiger partial charge is 0.273 e. The number of nitro benzene ring substituents is 2. The number of fused-ring (bicyclic) bond motifs is 1. The summed E-state index contributed by atoms with van der Waals surface area (Å²) in [7, 11) is 0. The standard InChI is InChI=1S/C23H16N4O7/c28-22-19-20(14-5-2-1-3-6-14)25(17-7-4-8-18(13-17)27(32)33)34-21(19)23(29)24(22)15-9-11-16(12-10-15)26(30)31/h1-13,19-21H/t19-,20+,21-/m0/s1. The van der Waals surface area contributed by atoms with Gasteiger partial charge in [-0.25, -0.2) is 9.96 Å². The molecule has 0 spiro atoms. The van der Waals surface area contributed by atoms with Crippen molar-refractivity contribution >= 4 is 34.6 Å². The molecule has 2 amide bonds. The number of carbonyl (C=O) groups excluding carboxylic acids is 2. The Kier molecular flexibility index (Phi) is 5.02. The molecule has 3 aromatic rings. The highest BCUT2D eigenvalue weighted by Crippen LogP contribution is 2.48. The van der Waals surface area contributed by atoms with Crippen LogP contribution in [0.1, 0.15) is 11.6 Å².